The molecule has 0 unspecified atom stereocenters. The molecule has 7 nitrogen and oxygen atoms in total. The number of rotatable bonds is 5. The van der Waals surface area contributed by atoms with Crippen LogP contribution in [-0.2, 0) is 14.3 Å². The number of halogens is 1. The number of amides is 1. The molecular weight excluding hydrogens is 379 g/mol. The number of carbonyl (C=O) groups is 2. The quantitative estimate of drug-likeness (QED) is 0.439. The smallest absolute Gasteiger partial charge is 0.295 e. The molecule has 2 fully saturated rings. The largest absolute Gasteiger partial charge is 0.507 e. The molecule has 1 aromatic carbocycles. The number of Topliss-reactive ketones (excluding diaryl/α,β-unsaturated/α-hetero) is 1. The molecule has 4 rings (SSSR count). The van der Waals surface area contributed by atoms with Gasteiger partial charge in [-0.25, -0.2) is 4.39 Å². The number of carbonyl (C=O) groups excluding carboxylic acids is 2. The van der Waals surface area contributed by atoms with Gasteiger partial charge in [0.2, 0.25) is 0 Å². The normalized spacial score (nSPS) is 22.4. The fourth-order valence-corrected chi connectivity index (χ4v) is 3.81. The van der Waals surface area contributed by atoms with E-state index in [0.29, 0.717) is 32.1 Å². The summed E-state index contributed by atoms with van der Waals surface area (Å²) >= 11 is 0. The predicted molar refractivity (Wildman–Crippen MR) is 101 cm³/mol. The fraction of sp³-hybridized carbons (Fsp3) is 0.333. The van der Waals surface area contributed by atoms with Crippen molar-refractivity contribution in [3.05, 3.63) is 65.4 Å². The van der Waals surface area contributed by atoms with Crippen LogP contribution in [0.15, 0.2) is 52.7 Å². The number of furan rings is 1. The number of benzene rings is 1. The maximum Gasteiger partial charge on any atom is 0.295 e. The molecule has 0 bridgehead atoms. The zero-order chi connectivity index (χ0) is 20.4. The van der Waals surface area contributed by atoms with E-state index in [-0.39, 0.29) is 16.9 Å². The second-order valence-electron chi connectivity index (χ2n) is 7.13. The Morgan fingerprint density at radius 3 is 2.55 bits per heavy atom. The summed E-state index contributed by atoms with van der Waals surface area (Å²) in [5, 5.41) is 10.8. The lowest BCUT2D eigenvalue weighted by molar-refractivity contribution is -0.907. The number of nitrogens with one attached hydrogen (secondary N) is 1. The van der Waals surface area contributed by atoms with Crippen LogP contribution in [0.4, 0.5) is 4.39 Å². The molecular formula is C21H22FN2O5+. The molecule has 1 amide bonds. The number of quaternary nitrogens is 1. The first-order valence-electron chi connectivity index (χ1n) is 9.55. The summed E-state index contributed by atoms with van der Waals surface area (Å²) in [5.74, 6) is -1.86. The van der Waals surface area contributed by atoms with Gasteiger partial charge in [-0.1, -0.05) is 0 Å². The highest BCUT2D eigenvalue weighted by molar-refractivity contribution is 6.46. The van der Waals surface area contributed by atoms with Gasteiger partial charge >= 0.3 is 0 Å². The van der Waals surface area contributed by atoms with Crippen molar-refractivity contribution in [2.75, 3.05) is 39.4 Å². The molecule has 0 radical (unpaired) electrons. The fourth-order valence-electron chi connectivity index (χ4n) is 3.81. The molecule has 8 heteroatoms. The van der Waals surface area contributed by atoms with E-state index in [1.54, 1.807) is 12.1 Å². The Hall–Kier alpha value is -2.97. The van der Waals surface area contributed by atoms with Gasteiger partial charge in [-0.15, -0.1) is 0 Å². The summed E-state index contributed by atoms with van der Waals surface area (Å²) in [4.78, 5) is 28.3. The maximum absolute atomic E-state index is 13.3. The summed E-state index contributed by atoms with van der Waals surface area (Å²) in [6.07, 6.45) is 1.46. The zero-order valence-electron chi connectivity index (χ0n) is 15.8. The van der Waals surface area contributed by atoms with Crippen molar-refractivity contribution in [1.82, 2.24) is 4.90 Å². The average Bonchev–Trinajstić information content (AvgIpc) is 3.35. The number of likely N-dealkylation sites (tertiary alicyclic amines) is 1. The van der Waals surface area contributed by atoms with Gasteiger partial charge in [0.25, 0.3) is 11.7 Å². The van der Waals surface area contributed by atoms with E-state index in [2.05, 4.69) is 0 Å². The van der Waals surface area contributed by atoms with Gasteiger partial charge in [0, 0.05) is 5.56 Å². The summed E-state index contributed by atoms with van der Waals surface area (Å²) in [5.41, 5.74) is 0.216. The third-order valence-corrected chi connectivity index (χ3v) is 5.38. The second-order valence-corrected chi connectivity index (χ2v) is 7.13. The van der Waals surface area contributed by atoms with Crippen molar-refractivity contribution in [1.29, 1.82) is 0 Å². The third-order valence-electron chi connectivity index (χ3n) is 5.38. The molecule has 0 spiro atoms. The Morgan fingerprint density at radius 2 is 1.90 bits per heavy atom. The van der Waals surface area contributed by atoms with Crippen LogP contribution in [0.2, 0.25) is 0 Å². The van der Waals surface area contributed by atoms with Gasteiger partial charge in [-0.05, 0) is 36.4 Å². The lowest BCUT2D eigenvalue weighted by Gasteiger charge is -2.28. The molecule has 1 aromatic heterocycles. The highest BCUT2D eigenvalue weighted by Crippen LogP contribution is 2.39. The topological polar surface area (TPSA) is 84.4 Å². The van der Waals surface area contributed by atoms with Crippen LogP contribution in [0.25, 0.3) is 5.76 Å². The molecule has 3 heterocycles. The van der Waals surface area contributed by atoms with Crippen LogP contribution < -0.4 is 4.90 Å². The molecule has 2 N–H and O–H groups in total. The number of hydrogen-bond acceptors (Lipinski definition) is 5. The van der Waals surface area contributed by atoms with E-state index in [1.807, 2.05) is 0 Å². The Balaban J connectivity index is 1.68. The first-order valence-corrected chi connectivity index (χ1v) is 9.55. The van der Waals surface area contributed by atoms with Crippen LogP contribution in [0, 0.1) is 5.82 Å². The van der Waals surface area contributed by atoms with Crippen LogP contribution in [0.1, 0.15) is 17.4 Å². The zero-order valence-corrected chi connectivity index (χ0v) is 15.8. The standard InChI is InChI=1S/C21H21FN2O5/c22-15-5-3-14(4-6-15)19(25)17-18(16-2-1-11-29-16)24(21(27)20(17)26)8-7-23-9-12-28-13-10-23/h1-6,11,18,25H,7-10,12-13H2/p+1/b19-17+/t18-/m1/s1. The van der Waals surface area contributed by atoms with E-state index in [0.717, 1.165) is 13.1 Å². The first-order chi connectivity index (χ1) is 14.1. The van der Waals surface area contributed by atoms with Crippen LogP contribution in [0.3, 0.4) is 0 Å². The van der Waals surface area contributed by atoms with Gasteiger partial charge in [0.05, 0.1) is 38.1 Å². The van der Waals surface area contributed by atoms with Crippen molar-refractivity contribution < 1.29 is 33.1 Å². The SMILES string of the molecule is O=C1C(=O)N(CC[NH+]2CCOCC2)[C@H](c2ccco2)/C1=C(\O)c1ccc(F)cc1. The lowest BCUT2D eigenvalue weighted by atomic mass is 9.99. The molecule has 152 valence electrons. The second kappa shape index (κ2) is 8.18. The van der Waals surface area contributed by atoms with Crippen LogP contribution in [-0.4, -0.2) is 61.1 Å². The number of aliphatic hydroxyl groups excluding tert-OH is 1. The van der Waals surface area contributed by atoms with Crippen LogP contribution in [0.5, 0.6) is 0 Å². The summed E-state index contributed by atoms with van der Waals surface area (Å²) in [6.45, 7) is 4.01. The van der Waals surface area contributed by atoms with Crippen molar-refractivity contribution in [2.24, 2.45) is 0 Å². The van der Waals surface area contributed by atoms with Crippen molar-refractivity contribution in [3.8, 4) is 0 Å². The lowest BCUT2D eigenvalue weighted by Crippen LogP contribution is -3.14. The number of aliphatic hydroxyl groups is 1. The van der Waals surface area contributed by atoms with E-state index in [4.69, 9.17) is 9.15 Å². The van der Waals surface area contributed by atoms with Crippen molar-refractivity contribution in [3.63, 3.8) is 0 Å². The Labute approximate surface area is 167 Å². The minimum atomic E-state index is -0.824. The average molecular weight is 401 g/mol. The molecule has 0 saturated carbocycles. The Morgan fingerprint density at radius 1 is 1.17 bits per heavy atom. The van der Waals surface area contributed by atoms with E-state index in [9.17, 15) is 19.1 Å². The summed E-state index contributed by atoms with van der Waals surface area (Å²) < 4.78 is 24.1. The minimum absolute atomic E-state index is 0.0477. The van der Waals surface area contributed by atoms with Gasteiger partial charge in [-0.3, -0.25) is 9.59 Å². The van der Waals surface area contributed by atoms with Gasteiger partial charge in [-0.2, -0.15) is 0 Å². The summed E-state index contributed by atoms with van der Waals surface area (Å²) in [7, 11) is 0. The molecule has 2 aromatic rings. The van der Waals surface area contributed by atoms with E-state index in [1.165, 1.54) is 40.3 Å². The highest BCUT2D eigenvalue weighted by Gasteiger charge is 2.47. The molecule has 0 aliphatic carbocycles. The molecule has 2 saturated heterocycles. The monoisotopic (exact) mass is 401 g/mol. The molecule has 29 heavy (non-hydrogen) atoms. The number of ketones is 1. The first kappa shape index (κ1) is 19.4. The number of morpholine rings is 1. The predicted octanol–water partition coefficient (Wildman–Crippen LogP) is 0.756. The molecule has 2 aliphatic heterocycles. The summed E-state index contributed by atoms with van der Waals surface area (Å²) in [6, 6.07) is 7.63. The van der Waals surface area contributed by atoms with E-state index < -0.39 is 23.5 Å². The maximum atomic E-state index is 13.3. The van der Waals surface area contributed by atoms with Crippen molar-refractivity contribution >= 4 is 17.4 Å². The molecule has 1 atom stereocenters. The van der Waals surface area contributed by atoms with Crippen LogP contribution >= 0.6 is 0 Å². The highest BCUT2D eigenvalue weighted by atomic mass is 19.1. The molecule has 2 aliphatic rings. The number of hydrogen-bond donors (Lipinski definition) is 2. The number of ether oxygens (including phenoxy) is 1. The number of nitrogens with zero attached hydrogens (tertiary/aromatic N) is 1. The Bertz CT molecular complexity index is 917. The van der Waals surface area contributed by atoms with Gasteiger partial charge < -0.3 is 24.1 Å². The Kier molecular flexibility index (Phi) is 5.46. The minimum Gasteiger partial charge on any atom is -0.507 e. The van der Waals surface area contributed by atoms with Gasteiger partial charge in [0.15, 0.2) is 0 Å². The van der Waals surface area contributed by atoms with Gasteiger partial charge in [0.1, 0.15) is 36.5 Å². The third kappa shape index (κ3) is 3.81. The van der Waals surface area contributed by atoms with E-state index >= 15 is 0 Å². The van der Waals surface area contributed by atoms with Crippen molar-refractivity contribution in [2.45, 2.75) is 6.04 Å².